The summed E-state index contributed by atoms with van der Waals surface area (Å²) < 4.78 is 5.40. The van der Waals surface area contributed by atoms with Gasteiger partial charge >= 0.3 is 11.9 Å². The summed E-state index contributed by atoms with van der Waals surface area (Å²) in [5.74, 6) is -1.48. The Hall–Kier alpha value is -1.06. The van der Waals surface area contributed by atoms with E-state index in [1.165, 1.54) is 0 Å². The molecule has 0 aliphatic carbocycles. The minimum atomic E-state index is -1.15. The first kappa shape index (κ1) is 14.9. The van der Waals surface area contributed by atoms with E-state index in [9.17, 15) is 9.59 Å². The fourth-order valence-electron chi connectivity index (χ4n) is 2.16. The molecule has 0 fully saturated rings. The number of aliphatic carboxylic acids is 1. The van der Waals surface area contributed by atoms with Crippen LogP contribution in [0, 0.1) is 11.8 Å². The fourth-order valence-corrected chi connectivity index (χ4v) is 2.16. The Morgan fingerprint density at radius 3 is 1.88 bits per heavy atom. The van der Waals surface area contributed by atoms with Gasteiger partial charge in [0.05, 0.1) is 0 Å². The molecule has 0 aromatic rings. The molecular formula is C12H22O4. The molecule has 4 nitrogen and oxygen atoms in total. The molecule has 4 heteroatoms. The van der Waals surface area contributed by atoms with Crippen LogP contribution in [0.5, 0.6) is 0 Å². The van der Waals surface area contributed by atoms with E-state index in [2.05, 4.69) is 0 Å². The average molecular weight is 230 g/mol. The SMILES string of the molecule is CCC(OC(=O)CC(=O)O)(C(C)C)C(C)C. The molecule has 0 saturated carbocycles. The van der Waals surface area contributed by atoms with Crippen LogP contribution >= 0.6 is 0 Å². The van der Waals surface area contributed by atoms with Gasteiger partial charge in [-0.3, -0.25) is 9.59 Å². The maximum Gasteiger partial charge on any atom is 0.317 e. The van der Waals surface area contributed by atoms with Gasteiger partial charge in [0.1, 0.15) is 12.0 Å². The first-order valence-corrected chi connectivity index (χ1v) is 5.69. The summed E-state index contributed by atoms with van der Waals surface area (Å²) in [6.45, 7) is 9.89. The topological polar surface area (TPSA) is 63.6 Å². The summed E-state index contributed by atoms with van der Waals surface area (Å²) in [6, 6.07) is 0. The predicted octanol–water partition coefficient (Wildman–Crippen LogP) is 2.47. The molecule has 0 aromatic heterocycles. The van der Waals surface area contributed by atoms with E-state index in [0.717, 1.165) is 0 Å². The Labute approximate surface area is 97.0 Å². The van der Waals surface area contributed by atoms with E-state index in [1.807, 2.05) is 34.6 Å². The average Bonchev–Trinajstić information content (AvgIpc) is 2.11. The van der Waals surface area contributed by atoms with Crippen molar-refractivity contribution < 1.29 is 19.4 Å². The molecule has 94 valence electrons. The summed E-state index contributed by atoms with van der Waals surface area (Å²) in [7, 11) is 0. The highest BCUT2D eigenvalue weighted by Gasteiger charge is 2.39. The molecule has 0 radical (unpaired) electrons. The smallest absolute Gasteiger partial charge is 0.317 e. The van der Waals surface area contributed by atoms with Gasteiger partial charge in [0.15, 0.2) is 0 Å². The minimum absolute atomic E-state index is 0.162. The molecular weight excluding hydrogens is 208 g/mol. The monoisotopic (exact) mass is 230 g/mol. The molecule has 0 atom stereocenters. The lowest BCUT2D eigenvalue weighted by Gasteiger charge is -2.39. The van der Waals surface area contributed by atoms with Crippen LogP contribution in [-0.2, 0) is 14.3 Å². The van der Waals surface area contributed by atoms with Crippen LogP contribution < -0.4 is 0 Å². The van der Waals surface area contributed by atoms with Crippen LogP contribution in [0.3, 0.4) is 0 Å². The van der Waals surface area contributed by atoms with Gasteiger partial charge in [-0.15, -0.1) is 0 Å². The molecule has 1 N–H and O–H groups in total. The number of rotatable bonds is 6. The molecule has 16 heavy (non-hydrogen) atoms. The minimum Gasteiger partial charge on any atom is -0.481 e. The van der Waals surface area contributed by atoms with Crippen LogP contribution in [0.4, 0.5) is 0 Å². The van der Waals surface area contributed by atoms with Crippen LogP contribution in [0.1, 0.15) is 47.5 Å². The normalized spacial score (nSPS) is 11.9. The third-order valence-electron chi connectivity index (χ3n) is 3.11. The van der Waals surface area contributed by atoms with E-state index >= 15 is 0 Å². The van der Waals surface area contributed by atoms with Crippen LogP contribution in [0.2, 0.25) is 0 Å². The second kappa shape index (κ2) is 5.87. The summed E-state index contributed by atoms with van der Waals surface area (Å²) in [5, 5.41) is 8.53. The second-order valence-electron chi connectivity index (χ2n) is 4.66. The maximum atomic E-state index is 11.4. The van der Waals surface area contributed by atoms with Gasteiger partial charge in [-0.1, -0.05) is 34.6 Å². The Kier molecular flexibility index (Phi) is 5.48. The fraction of sp³-hybridized carbons (Fsp3) is 0.833. The van der Waals surface area contributed by atoms with Crippen LogP contribution in [0.25, 0.3) is 0 Å². The first-order chi connectivity index (χ1) is 7.26. The third-order valence-corrected chi connectivity index (χ3v) is 3.11. The van der Waals surface area contributed by atoms with E-state index < -0.39 is 24.0 Å². The number of carboxylic acids is 1. The van der Waals surface area contributed by atoms with Crippen molar-refractivity contribution in [2.24, 2.45) is 11.8 Å². The van der Waals surface area contributed by atoms with Gasteiger partial charge in [0, 0.05) is 0 Å². The number of carbonyl (C=O) groups is 2. The number of esters is 1. The highest BCUT2D eigenvalue weighted by molar-refractivity contribution is 5.90. The molecule has 0 rings (SSSR count). The van der Waals surface area contributed by atoms with Crippen molar-refractivity contribution in [3.8, 4) is 0 Å². The van der Waals surface area contributed by atoms with Crippen molar-refractivity contribution in [3.63, 3.8) is 0 Å². The van der Waals surface area contributed by atoms with Crippen molar-refractivity contribution in [1.29, 1.82) is 0 Å². The first-order valence-electron chi connectivity index (χ1n) is 5.69. The van der Waals surface area contributed by atoms with E-state index in [-0.39, 0.29) is 11.8 Å². The zero-order valence-electron chi connectivity index (χ0n) is 10.7. The highest BCUT2D eigenvalue weighted by Crippen LogP contribution is 2.34. The van der Waals surface area contributed by atoms with E-state index in [0.29, 0.717) is 6.42 Å². The molecule has 0 heterocycles. The molecule has 0 saturated heterocycles. The summed E-state index contributed by atoms with van der Waals surface area (Å²) >= 11 is 0. The molecule has 0 amide bonds. The summed E-state index contributed by atoms with van der Waals surface area (Å²) in [6.07, 6.45) is 0.120. The largest absolute Gasteiger partial charge is 0.481 e. The zero-order valence-corrected chi connectivity index (χ0v) is 10.7. The van der Waals surface area contributed by atoms with E-state index in [1.54, 1.807) is 0 Å². The number of ether oxygens (including phenoxy) is 1. The second-order valence-corrected chi connectivity index (χ2v) is 4.66. The number of hydrogen-bond acceptors (Lipinski definition) is 3. The highest BCUT2D eigenvalue weighted by atomic mass is 16.6. The Bertz CT molecular complexity index is 248. The molecule has 0 bridgehead atoms. The predicted molar refractivity (Wildman–Crippen MR) is 61.0 cm³/mol. The van der Waals surface area contributed by atoms with Crippen molar-refractivity contribution in [3.05, 3.63) is 0 Å². The standard InChI is InChI=1S/C12H22O4/c1-6-12(8(2)3,9(4)5)16-11(15)7-10(13)14/h8-9H,6-7H2,1-5H3,(H,13,14). The maximum absolute atomic E-state index is 11.4. The van der Waals surface area contributed by atoms with Crippen LogP contribution in [-0.4, -0.2) is 22.6 Å². The lowest BCUT2D eigenvalue weighted by atomic mass is 9.78. The zero-order chi connectivity index (χ0) is 12.9. The lowest BCUT2D eigenvalue weighted by Crippen LogP contribution is -2.45. The summed E-state index contributed by atoms with van der Waals surface area (Å²) in [4.78, 5) is 21.9. The molecule has 0 unspecified atom stereocenters. The van der Waals surface area contributed by atoms with E-state index in [4.69, 9.17) is 9.84 Å². The van der Waals surface area contributed by atoms with Crippen molar-refractivity contribution in [1.82, 2.24) is 0 Å². The number of carbonyl (C=O) groups excluding carboxylic acids is 1. The van der Waals surface area contributed by atoms with Gasteiger partial charge in [-0.25, -0.2) is 0 Å². The lowest BCUT2D eigenvalue weighted by molar-refractivity contribution is -0.175. The van der Waals surface area contributed by atoms with Gasteiger partial charge in [0.25, 0.3) is 0 Å². The third kappa shape index (κ3) is 3.51. The quantitative estimate of drug-likeness (QED) is 0.562. The van der Waals surface area contributed by atoms with Crippen molar-refractivity contribution in [2.75, 3.05) is 0 Å². The van der Waals surface area contributed by atoms with Gasteiger partial charge in [-0.05, 0) is 18.3 Å². The van der Waals surface area contributed by atoms with Crippen LogP contribution in [0.15, 0.2) is 0 Å². The van der Waals surface area contributed by atoms with Gasteiger partial charge in [-0.2, -0.15) is 0 Å². The van der Waals surface area contributed by atoms with Gasteiger partial charge < -0.3 is 9.84 Å². The Balaban J connectivity index is 4.79. The number of hydrogen-bond donors (Lipinski definition) is 1. The Morgan fingerprint density at radius 1 is 1.19 bits per heavy atom. The summed E-state index contributed by atoms with van der Waals surface area (Å²) in [5.41, 5.74) is -0.563. The Morgan fingerprint density at radius 2 is 1.62 bits per heavy atom. The molecule has 0 aromatic carbocycles. The molecule has 0 aliphatic rings. The van der Waals surface area contributed by atoms with Crippen molar-refractivity contribution >= 4 is 11.9 Å². The molecule has 0 spiro atoms. The van der Waals surface area contributed by atoms with Crippen molar-refractivity contribution in [2.45, 2.75) is 53.1 Å². The van der Waals surface area contributed by atoms with Gasteiger partial charge in [0.2, 0.25) is 0 Å². The number of carboxylic acid groups (broad SMARTS) is 1. The molecule has 0 aliphatic heterocycles.